The van der Waals surface area contributed by atoms with Crippen molar-refractivity contribution in [1.82, 2.24) is 0 Å². The van der Waals surface area contributed by atoms with Gasteiger partial charge in [0, 0.05) is 5.56 Å². The molecule has 0 saturated carbocycles. The lowest BCUT2D eigenvalue weighted by atomic mass is 10.00. The van der Waals surface area contributed by atoms with Crippen molar-refractivity contribution in [2.75, 3.05) is 0 Å². The number of rotatable bonds is 5. The van der Waals surface area contributed by atoms with Crippen molar-refractivity contribution in [3.05, 3.63) is 66.2 Å². The third-order valence-electron chi connectivity index (χ3n) is 3.32. The van der Waals surface area contributed by atoms with E-state index in [1.807, 2.05) is 24.3 Å². The highest BCUT2D eigenvalue weighted by Crippen LogP contribution is 2.22. The van der Waals surface area contributed by atoms with Gasteiger partial charge in [0.25, 0.3) is 0 Å². The number of alkyl halides is 3. The molecule has 23 heavy (non-hydrogen) atoms. The van der Waals surface area contributed by atoms with Crippen molar-refractivity contribution in [2.45, 2.75) is 12.6 Å². The van der Waals surface area contributed by atoms with E-state index in [1.54, 1.807) is 18.2 Å². The monoisotopic (exact) mass is 318 g/mol. The van der Waals surface area contributed by atoms with Gasteiger partial charge in [-0.05, 0) is 16.7 Å². The van der Waals surface area contributed by atoms with Crippen LogP contribution in [0.5, 0.6) is 0 Å². The molecule has 0 aromatic heterocycles. The van der Waals surface area contributed by atoms with Crippen LogP contribution >= 0.6 is 0 Å². The number of benzene rings is 2. The Morgan fingerprint density at radius 3 is 1.83 bits per heavy atom. The van der Waals surface area contributed by atoms with Crippen LogP contribution in [0.2, 0.25) is 0 Å². The van der Waals surface area contributed by atoms with Gasteiger partial charge >= 0.3 is 6.18 Å². The van der Waals surface area contributed by atoms with Crippen LogP contribution < -0.4 is 0 Å². The molecule has 0 aliphatic rings. The van der Waals surface area contributed by atoms with Crippen molar-refractivity contribution in [1.29, 1.82) is 0 Å². The minimum atomic E-state index is -4.98. The van der Waals surface area contributed by atoms with Crippen molar-refractivity contribution < 1.29 is 22.8 Å². The number of hydrogen-bond acceptors (Lipinski definition) is 2. The molecule has 2 aromatic rings. The summed E-state index contributed by atoms with van der Waals surface area (Å²) in [5.41, 5.74) is 2.76. The van der Waals surface area contributed by atoms with Crippen LogP contribution in [0.4, 0.5) is 13.2 Å². The molecule has 0 radical (unpaired) electrons. The molecule has 2 aromatic carbocycles. The maximum atomic E-state index is 12.2. The van der Waals surface area contributed by atoms with Crippen LogP contribution in [0.15, 0.2) is 55.1 Å². The van der Waals surface area contributed by atoms with Gasteiger partial charge in [-0.15, -0.1) is 0 Å². The Kier molecular flexibility index (Phi) is 4.79. The first kappa shape index (κ1) is 16.7. The van der Waals surface area contributed by atoms with Crippen molar-refractivity contribution in [2.24, 2.45) is 0 Å². The zero-order valence-electron chi connectivity index (χ0n) is 12.1. The average molecular weight is 318 g/mol. The van der Waals surface area contributed by atoms with Crippen LogP contribution in [0.1, 0.15) is 22.3 Å². The first-order valence-electron chi connectivity index (χ1n) is 6.77. The van der Waals surface area contributed by atoms with E-state index in [9.17, 15) is 22.8 Å². The van der Waals surface area contributed by atoms with Gasteiger partial charge in [0.1, 0.15) is 0 Å². The summed E-state index contributed by atoms with van der Waals surface area (Å²) < 4.78 is 36.5. The largest absolute Gasteiger partial charge is 0.450 e. The van der Waals surface area contributed by atoms with Gasteiger partial charge in [-0.1, -0.05) is 61.2 Å². The second-order valence-electron chi connectivity index (χ2n) is 4.92. The average Bonchev–Trinajstić information content (AvgIpc) is 2.54. The van der Waals surface area contributed by atoms with Crippen LogP contribution in [0, 0.1) is 0 Å². The quantitative estimate of drug-likeness (QED) is 0.591. The first-order chi connectivity index (χ1) is 10.8. The van der Waals surface area contributed by atoms with Crippen molar-refractivity contribution >= 4 is 17.6 Å². The highest BCUT2D eigenvalue weighted by Gasteiger charge is 2.39. The van der Waals surface area contributed by atoms with Gasteiger partial charge in [-0.3, -0.25) is 9.59 Å². The van der Waals surface area contributed by atoms with E-state index in [0.29, 0.717) is 0 Å². The second-order valence-corrected chi connectivity index (χ2v) is 4.92. The minimum absolute atomic E-state index is 0.0778. The molecule has 0 aliphatic carbocycles. The standard InChI is InChI=1S/C18H13F3O2/c1-2-12-3-5-13(6-4-12)14-7-9-15(10-8-14)16(22)11-17(23)18(19,20)21/h2-10H,1,11H2. The molecule has 0 bridgehead atoms. The molecule has 0 atom stereocenters. The fourth-order valence-electron chi connectivity index (χ4n) is 2.01. The van der Waals surface area contributed by atoms with Gasteiger partial charge in [0.2, 0.25) is 5.78 Å². The van der Waals surface area contributed by atoms with Gasteiger partial charge in [-0.25, -0.2) is 0 Å². The Morgan fingerprint density at radius 1 is 0.913 bits per heavy atom. The van der Waals surface area contributed by atoms with E-state index in [0.717, 1.165) is 16.7 Å². The smallest absolute Gasteiger partial charge is 0.294 e. The molecule has 0 fully saturated rings. The lowest BCUT2D eigenvalue weighted by Crippen LogP contribution is -2.25. The lowest BCUT2D eigenvalue weighted by Gasteiger charge is -2.06. The summed E-state index contributed by atoms with van der Waals surface area (Å²) in [5, 5.41) is 0. The Hall–Kier alpha value is -2.69. The summed E-state index contributed by atoms with van der Waals surface area (Å²) in [4.78, 5) is 22.5. The summed E-state index contributed by atoms with van der Waals surface area (Å²) in [6, 6.07) is 13.6. The van der Waals surface area contributed by atoms with E-state index >= 15 is 0 Å². The molecule has 0 unspecified atom stereocenters. The summed E-state index contributed by atoms with van der Waals surface area (Å²) in [7, 11) is 0. The topological polar surface area (TPSA) is 34.1 Å². The predicted octanol–water partition coefficient (Wildman–Crippen LogP) is 4.70. The molecule has 2 rings (SSSR count). The van der Waals surface area contributed by atoms with Crippen LogP contribution in [-0.2, 0) is 4.79 Å². The molecule has 0 amide bonds. The molecule has 2 nitrogen and oxygen atoms in total. The highest BCUT2D eigenvalue weighted by molar-refractivity contribution is 6.09. The van der Waals surface area contributed by atoms with Gasteiger partial charge < -0.3 is 0 Å². The van der Waals surface area contributed by atoms with Crippen LogP contribution in [0.25, 0.3) is 17.2 Å². The van der Waals surface area contributed by atoms with Crippen molar-refractivity contribution in [3.8, 4) is 11.1 Å². The van der Waals surface area contributed by atoms with Gasteiger partial charge in [-0.2, -0.15) is 13.2 Å². The van der Waals surface area contributed by atoms with E-state index in [-0.39, 0.29) is 5.56 Å². The molecule has 0 spiro atoms. The zero-order valence-corrected chi connectivity index (χ0v) is 12.1. The van der Waals surface area contributed by atoms with E-state index < -0.39 is 24.2 Å². The molecule has 0 N–H and O–H groups in total. The maximum Gasteiger partial charge on any atom is 0.450 e. The van der Waals surface area contributed by atoms with Gasteiger partial charge in [0.15, 0.2) is 5.78 Å². The second kappa shape index (κ2) is 6.60. The number of halogens is 3. The Balaban J connectivity index is 2.14. The summed E-state index contributed by atoms with van der Waals surface area (Å²) in [5.74, 6) is -2.88. The Labute approximate surface area is 131 Å². The normalized spacial score (nSPS) is 11.1. The fraction of sp³-hybridized carbons (Fsp3) is 0.111. The minimum Gasteiger partial charge on any atom is -0.294 e. The summed E-state index contributed by atoms with van der Waals surface area (Å²) in [6.07, 6.45) is -4.44. The predicted molar refractivity (Wildman–Crippen MR) is 82.0 cm³/mol. The van der Waals surface area contributed by atoms with Crippen molar-refractivity contribution in [3.63, 3.8) is 0 Å². The third kappa shape index (κ3) is 4.16. The Bertz CT molecular complexity index is 726. The molecule has 0 saturated heterocycles. The number of hydrogen-bond donors (Lipinski definition) is 0. The van der Waals surface area contributed by atoms with E-state index in [4.69, 9.17) is 0 Å². The van der Waals surface area contributed by atoms with E-state index in [1.165, 1.54) is 12.1 Å². The summed E-state index contributed by atoms with van der Waals surface area (Å²) in [6.45, 7) is 3.66. The SMILES string of the molecule is C=Cc1ccc(-c2ccc(C(=O)CC(=O)C(F)(F)F)cc2)cc1. The molecular weight excluding hydrogens is 305 g/mol. The van der Waals surface area contributed by atoms with Crippen LogP contribution in [0.3, 0.4) is 0 Å². The first-order valence-corrected chi connectivity index (χ1v) is 6.77. The van der Waals surface area contributed by atoms with Crippen LogP contribution in [-0.4, -0.2) is 17.7 Å². The molecule has 118 valence electrons. The van der Waals surface area contributed by atoms with Gasteiger partial charge in [0.05, 0.1) is 6.42 Å². The highest BCUT2D eigenvalue weighted by atomic mass is 19.4. The molecule has 5 heteroatoms. The fourth-order valence-corrected chi connectivity index (χ4v) is 2.01. The number of carbonyl (C=O) groups excluding carboxylic acids is 2. The third-order valence-corrected chi connectivity index (χ3v) is 3.32. The maximum absolute atomic E-state index is 12.2. The Morgan fingerprint density at radius 2 is 1.39 bits per heavy atom. The molecular formula is C18H13F3O2. The number of carbonyl (C=O) groups is 2. The number of Topliss-reactive ketones (excluding diaryl/α,β-unsaturated/α-hetero) is 2. The zero-order chi connectivity index (χ0) is 17.0. The summed E-state index contributed by atoms with van der Waals surface area (Å²) >= 11 is 0. The molecule has 0 aliphatic heterocycles. The number of ketones is 2. The lowest BCUT2D eigenvalue weighted by molar-refractivity contribution is -0.170. The van der Waals surface area contributed by atoms with E-state index in [2.05, 4.69) is 6.58 Å². The molecule has 0 heterocycles.